The number of unbranched alkanes of at least 4 members (excludes halogenated alkanes) is 3. The van der Waals surface area contributed by atoms with Gasteiger partial charge in [-0.05, 0) is 37.1 Å². The molecule has 0 aliphatic carbocycles. The van der Waals surface area contributed by atoms with Crippen LogP contribution < -0.4 is 15.4 Å². The molecule has 2 aliphatic heterocycles. The van der Waals surface area contributed by atoms with Gasteiger partial charge in [-0.1, -0.05) is 0 Å². The van der Waals surface area contributed by atoms with E-state index in [2.05, 4.69) is 31.4 Å². The number of aliphatic imine (C=N–C) groups is 1. The number of carbonyl (C=O) groups excluding carboxylic acids is 8. The Labute approximate surface area is 448 Å². The summed E-state index contributed by atoms with van der Waals surface area (Å²) in [5, 5.41) is 5.45. The monoisotopic (exact) mass is 1170 g/mol. The van der Waals surface area contributed by atoms with Gasteiger partial charge in [0.1, 0.15) is 5.75 Å². The van der Waals surface area contributed by atoms with E-state index in [4.69, 9.17) is 42.9 Å². The van der Waals surface area contributed by atoms with Gasteiger partial charge in [-0.3, -0.25) is 28.8 Å². The zero-order chi connectivity index (χ0) is 56.3. The van der Waals surface area contributed by atoms with Crippen molar-refractivity contribution in [3.63, 3.8) is 0 Å². The van der Waals surface area contributed by atoms with E-state index in [-0.39, 0.29) is 30.9 Å². The molecular formula is C54H86N4O16Sn. The van der Waals surface area contributed by atoms with Gasteiger partial charge in [-0.2, -0.15) is 0 Å². The normalized spacial score (nSPS) is 21.6. The van der Waals surface area contributed by atoms with Crippen molar-refractivity contribution >= 4 is 72.3 Å². The number of nitrogens with one attached hydrogen (secondary N) is 2. The average Bonchev–Trinajstić information content (AvgIpc) is 3.74. The summed E-state index contributed by atoms with van der Waals surface area (Å²) in [5.41, 5.74) is -2.68. The molecule has 0 unspecified atom stereocenters. The van der Waals surface area contributed by atoms with Crippen molar-refractivity contribution in [2.75, 3.05) is 38.0 Å². The molecule has 2 aliphatic rings. The number of esters is 5. The zero-order valence-electron chi connectivity index (χ0n) is 47.1. The van der Waals surface area contributed by atoms with E-state index in [1.807, 2.05) is 0 Å². The summed E-state index contributed by atoms with van der Waals surface area (Å²) < 4.78 is 52.0. The summed E-state index contributed by atoms with van der Waals surface area (Å²) in [4.78, 5) is 112. The van der Waals surface area contributed by atoms with E-state index < -0.39 is 126 Å². The van der Waals surface area contributed by atoms with Crippen molar-refractivity contribution in [3.8, 4) is 5.75 Å². The molecular weight excluding hydrogens is 1080 g/mol. The molecule has 2 fully saturated rings. The summed E-state index contributed by atoms with van der Waals surface area (Å²) in [6, 6.07) is 1.65. The Bertz CT molecular complexity index is 2140. The number of rotatable bonds is 27. The molecule has 20 nitrogen and oxygen atoms in total. The van der Waals surface area contributed by atoms with Gasteiger partial charge in [0.05, 0.1) is 6.54 Å². The number of carbonyl (C=O) groups is 8. The zero-order valence-corrected chi connectivity index (χ0v) is 49.9. The molecule has 3 amide bonds. The van der Waals surface area contributed by atoms with Crippen molar-refractivity contribution in [3.05, 3.63) is 28.8 Å². The molecule has 1 aromatic carbocycles. The number of amides is 3. The number of hydrogen-bond donors (Lipinski definition) is 2. The number of aryl methyl sites for hydroxylation is 2. The van der Waals surface area contributed by atoms with Gasteiger partial charge in [0.15, 0.2) is 0 Å². The van der Waals surface area contributed by atoms with Crippen LogP contribution in [0.15, 0.2) is 17.1 Å². The number of hydrogen-bond acceptors (Lipinski definition) is 17. The first-order valence-electron chi connectivity index (χ1n) is 26.4. The van der Waals surface area contributed by atoms with Crippen LogP contribution in [0.25, 0.3) is 0 Å². The summed E-state index contributed by atoms with van der Waals surface area (Å²) in [6.07, 6.45) is 1.18. The van der Waals surface area contributed by atoms with Crippen molar-refractivity contribution in [2.24, 2.45) is 4.99 Å². The van der Waals surface area contributed by atoms with Gasteiger partial charge in [0.2, 0.25) is 5.91 Å². The molecule has 0 spiro atoms. The van der Waals surface area contributed by atoms with E-state index in [0.29, 0.717) is 28.7 Å². The van der Waals surface area contributed by atoms with Crippen LogP contribution in [0.4, 0.5) is 4.79 Å². The molecule has 75 heavy (non-hydrogen) atoms. The fourth-order valence-electron chi connectivity index (χ4n) is 9.94. The first-order valence-corrected chi connectivity index (χ1v) is 34.5. The van der Waals surface area contributed by atoms with Gasteiger partial charge in [0.25, 0.3) is 5.91 Å². The second kappa shape index (κ2) is 29.6. The number of ether oxygens (including phenoxy) is 8. The van der Waals surface area contributed by atoms with E-state index in [1.54, 1.807) is 39.5 Å². The van der Waals surface area contributed by atoms with Crippen LogP contribution in [0, 0.1) is 13.8 Å². The van der Waals surface area contributed by atoms with Crippen LogP contribution >= 0.6 is 0 Å². The number of methoxy groups -OCH3 is 1. The molecule has 21 heteroatoms. The predicted octanol–water partition coefficient (Wildman–Crippen LogP) is 7.20. The Kier molecular flexibility index (Phi) is 25.5. The molecule has 0 radical (unpaired) electrons. The fraction of sp³-hybridized carbons (Fsp3) is 0.722. The summed E-state index contributed by atoms with van der Waals surface area (Å²) in [7, 11) is 1.14. The van der Waals surface area contributed by atoms with Gasteiger partial charge >= 0.3 is 305 Å². The quantitative estimate of drug-likeness (QED) is 0.0290. The van der Waals surface area contributed by atoms with Crippen LogP contribution in [0.5, 0.6) is 5.75 Å². The second-order valence-electron chi connectivity index (χ2n) is 21.3. The maximum absolute atomic E-state index is 14.4. The van der Waals surface area contributed by atoms with Gasteiger partial charge < -0.3 is 14.8 Å². The molecule has 3 rings (SSSR count). The third-order valence-electron chi connectivity index (χ3n) is 13.4. The van der Waals surface area contributed by atoms with E-state index in [1.165, 1.54) is 45.5 Å². The molecule has 2 saturated heterocycles. The minimum atomic E-state index is -2.84. The van der Waals surface area contributed by atoms with Crippen molar-refractivity contribution in [1.82, 2.24) is 15.5 Å². The molecule has 7 atom stereocenters. The molecule has 0 aromatic heterocycles. The third kappa shape index (κ3) is 19.9. The van der Waals surface area contributed by atoms with Crippen LogP contribution in [0.1, 0.15) is 155 Å². The minimum absolute atomic E-state index is 0.148. The average molecular weight is 1170 g/mol. The van der Waals surface area contributed by atoms with Crippen LogP contribution in [0.3, 0.4) is 0 Å². The number of likely N-dealkylation sites (tertiary alicyclic amines) is 1. The fourth-order valence-corrected chi connectivity index (χ4v) is 24.3. The molecule has 0 bridgehead atoms. The number of benzene rings is 1. The van der Waals surface area contributed by atoms with E-state index >= 15 is 0 Å². The topological polar surface area (TPSA) is 250 Å². The maximum atomic E-state index is 14.4. The Balaban J connectivity index is 2.20. The van der Waals surface area contributed by atoms with E-state index in [0.717, 1.165) is 66.4 Å². The standard InChI is InChI=1S/C42H59N4O16.3C4H9.Sn/c1-23-17-30(18-24(2)34(23)59-28(6)50)37(52)43-20-32(58-27(5)49)35(60-29(7)51)36-33(45-25(3)47)31(57-26(4)48)19-42(61-36,38(53)56-12)13-15-44-41(22-55-11)14-16-46(21-41)39(54)62-40(8,9)10;3*1-3-4-2;/h15,17-18,31-33,35-36H,11,13-14,16,19-22H2,1-10,12H3,(H,43,52)(H,45,47);3*1,3-4H2,2H3;/t31-,32+,33+,35+,36+,41-,42+;;;;/m0..../s1. The summed E-state index contributed by atoms with van der Waals surface area (Å²) >= 11 is -2.84. The second-order valence-corrected chi connectivity index (χ2v) is 35.0. The first kappa shape index (κ1) is 64.5. The molecule has 2 heterocycles. The Morgan fingerprint density at radius 2 is 1.45 bits per heavy atom. The van der Waals surface area contributed by atoms with Crippen LogP contribution in [-0.2, 0) is 61.9 Å². The molecule has 422 valence electrons. The summed E-state index contributed by atoms with van der Waals surface area (Å²) in [6.45, 7) is 21.3. The van der Waals surface area contributed by atoms with Gasteiger partial charge in [-0.25, -0.2) is 0 Å². The molecule has 1 aromatic rings. The Morgan fingerprint density at radius 1 is 0.867 bits per heavy atom. The molecule has 0 saturated carbocycles. The predicted molar refractivity (Wildman–Crippen MR) is 282 cm³/mol. The van der Waals surface area contributed by atoms with Crippen LogP contribution in [0.2, 0.25) is 13.3 Å². The Morgan fingerprint density at radius 3 is 1.95 bits per heavy atom. The van der Waals surface area contributed by atoms with E-state index in [9.17, 15) is 38.4 Å². The Hall–Kier alpha value is -4.83. The van der Waals surface area contributed by atoms with Crippen molar-refractivity contribution in [2.45, 2.75) is 208 Å². The first-order chi connectivity index (χ1) is 35.2. The van der Waals surface area contributed by atoms with Gasteiger partial charge in [0, 0.05) is 40.2 Å². The van der Waals surface area contributed by atoms with Crippen LogP contribution in [-0.4, -0.2) is 162 Å². The van der Waals surface area contributed by atoms with Gasteiger partial charge in [-0.15, -0.1) is 0 Å². The molecule has 2 N–H and O–H groups in total. The van der Waals surface area contributed by atoms with Crippen molar-refractivity contribution in [1.29, 1.82) is 0 Å². The third-order valence-corrected chi connectivity index (χ3v) is 27.8. The SMILES string of the molecule is CCC[CH2][Sn]([CH2]CCC)([CH2]CCC)[CH2]OC[C@]1(N=CC[C@]2(C(=O)OC)C[C@H](OC(C)=O)[C@@H](NC(C)=O)[C@H]([C@H](OC(C)=O)[C@@H](CNC(=O)c3cc(C)c(OC(C)=O)c(C)c3)OC(C)=O)O2)CCN(C(=O)OC(C)(C)C)C1. The van der Waals surface area contributed by atoms with Crippen molar-refractivity contribution < 1.29 is 76.3 Å². The number of nitrogens with zero attached hydrogens (tertiary/aromatic N) is 2. The summed E-state index contributed by atoms with van der Waals surface area (Å²) in [5.74, 6) is -5.01.